The van der Waals surface area contributed by atoms with Gasteiger partial charge in [-0.15, -0.1) is 23.1 Å². The Morgan fingerprint density at radius 3 is 2.67 bits per heavy atom. The second-order valence-corrected chi connectivity index (χ2v) is 7.48. The fraction of sp³-hybridized carbons (Fsp3) is 0.389. The summed E-state index contributed by atoms with van der Waals surface area (Å²) in [6.45, 7) is 3.93. The van der Waals surface area contributed by atoms with Gasteiger partial charge in [-0.2, -0.15) is 0 Å². The molecule has 1 aliphatic rings. The molecule has 0 saturated carbocycles. The first kappa shape index (κ1) is 17.5. The molecule has 2 aromatic rings. The van der Waals surface area contributed by atoms with Crippen LogP contribution in [-0.4, -0.2) is 49.9 Å². The molecule has 1 N–H and O–H groups in total. The predicted molar refractivity (Wildman–Crippen MR) is 100 cm³/mol. The van der Waals surface area contributed by atoms with E-state index in [0.29, 0.717) is 12.1 Å². The van der Waals surface area contributed by atoms with Crippen molar-refractivity contribution in [1.29, 1.82) is 0 Å². The van der Waals surface area contributed by atoms with Gasteiger partial charge in [0.25, 0.3) is 5.91 Å². The number of thiophene rings is 1. The highest BCUT2D eigenvalue weighted by Gasteiger charge is 2.24. The Bertz CT molecular complexity index is 638. The zero-order valence-corrected chi connectivity index (χ0v) is 15.4. The highest BCUT2D eigenvalue weighted by Crippen LogP contribution is 2.25. The number of benzene rings is 1. The standard InChI is InChI=1S/C18H22N2O2S2/c1-23-15-6-4-14(5-7-15)18(21)19-13-16(17-3-2-12-24-17)20-8-10-22-11-9-20/h2-7,12,16H,8-11,13H2,1H3,(H,19,21). The average molecular weight is 363 g/mol. The molecule has 24 heavy (non-hydrogen) atoms. The number of nitrogens with one attached hydrogen (secondary N) is 1. The smallest absolute Gasteiger partial charge is 0.251 e. The van der Waals surface area contributed by atoms with Crippen molar-refractivity contribution in [3.8, 4) is 0 Å². The number of rotatable bonds is 6. The molecule has 0 radical (unpaired) electrons. The third-order valence-corrected chi connectivity index (χ3v) is 5.88. The molecule has 0 spiro atoms. The highest BCUT2D eigenvalue weighted by atomic mass is 32.2. The lowest BCUT2D eigenvalue weighted by Gasteiger charge is -2.34. The van der Waals surface area contributed by atoms with E-state index in [2.05, 4.69) is 27.7 Å². The summed E-state index contributed by atoms with van der Waals surface area (Å²) >= 11 is 3.42. The number of ether oxygens (including phenoxy) is 1. The maximum atomic E-state index is 12.4. The van der Waals surface area contributed by atoms with E-state index in [9.17, 15) is 4.79 Å². The fourth-order valence-electron chi connectivity index (χ4n) is 2.81. The van der Waals surface area contributed by atoms with Gasteiger partial charge < -0.3 is 10.1 Å². The number of morpholine rings is 1. The Morgan fingerprint density at radius 1 is 1.29 bits per heavy atom. The molecule has 1 unspecified atom stereocenters. The van der Waals surface area contributed by atoms with E-state index in [-0.39, 0.29) is 11.9 Å². The first-order valence-corrected chi connectivity index (χ1v) is 10.2. The minimum Gasteiger partial charge on any atom is -0.379 e. The summed E-state index contributed by atoms with van der Waals surface area (Å²) in [5.41, 5.74) is 0.708. The van der Waals surface area contributed by atoms with Crippen LogP contribution < -0.4 is 5.32 Å². The van der Waals surface area contributed by atoms with Crippen LogP contribution in [-0.2, 0) is 4.74 Å². The molecule has 1 saturated heterocycles. The largest absolute Gasteiger partial charge is 0.379 e. The van der Waals surface area contributed by atoms with E-state index in [4.69, 9.17) is 4.74 Å². The lowest BCUT2D eigenvalue weighted by Crippen LogP contribution is -2.43. The van der Waals surface area contributed by atoms with Gasteiger partial charge in [0.15, 0.2) is 0 Å². The molecule has 0 bridgehead atoms. The van der Waals surface area contributed by atoms with Gasteiger partial charge in [0.1, 0.15) is 0 Å². The van der Waals surface area contributed by atoms with E-state index in [1.807, 2.05) is 30.5 Å². The van der Waals surface area contributed by atoms with Gasteiger partial charge in [-0.25, -0.2) is 0 Å². The minimum absolute atomic E-state index is 0.0162. The second-order valence-electron chi connectivity index (χ2n) is 5.62. The lowest BCUT2D eigenvalue weighted by atomic mass is 10.1. The molecule has 1 amide bonds. The maximum Gasteiger partial charge on any atom is 0.251 e. The molecule has 3 rings (SSSR count). The van der Waals surface area contributed by atoms with Crippen molar-refractivity contribution in [3.05, 3.63) is 52.2 Å². The molecule has 128 valence electrons. The fourth-order valence-corrected chi connectivity index (χ4v) is 4.08. The van der Waals surface area contributed by atoms with Crippen molar-refractivity contribution in [3.63, 3.8) is 0 Å². The third kappa shape index (κ3) is 4.39. The van der Waals surface area contributed by atoms with E-state index in [1.165, 1.54) is 4.88 Å². The quantitative estimate of drug-likeness (QED) is 0.801. The Morgan fingerprint density at radius 2 is 2.04 bits per heavy atom. The normalized spacial score (nSPS) is 16.7. The third-order valence-electron chi connectivity index (χ3n) is 4.17. The van der Waals surface area contributed by atoms with Gasteiger partial charge in [-0.3, -0.25) is 9.69 Å². The molecule has 1 aromatic heterocycles. The van der Waals surface area contributed by atoms with Gasteiger partial charge in [-0.05, 0) is 42.0 Å². The molecular formula is C18H22N2O2S2. The van der Waals surface area contributed by atoms with Crippen LogP contribution in [0.2, 0.25) is 0 Å². The molecule has 1 aliphatic heterocycles. The summed E-state index contributed by atoms with van der Waals surface area (Å²) in [5, 5.41) is 5.19. The number of carbonyl (C=O) groups excluding carboxylic acids is 1. The Labute approximate surface area is 151 Å². The average Bonchev–Trinajstić information content (AvgIpc) is 3.17. The Balaban J connectivity index is 1.65. The van der Waals surface area contributed by atoms with Crippen LogP contribution in [0.3, 0.4) is 0 Å². The van der Waals surface area contributed by atoms with Crippen molar-refractivity contribution < 1.29 is 9.53 Å². The summed E-state index contributed by atoms with van der Waals surface area (Å²) in [5.74, 6) is -0.0162. The number of hydrogen-bond acceptors (Lipinski definition) is 5. The van der Waals surface area contributed by atoms with E-state index in [1.54, 1.807) is 23.1 Å². The molecule has 6 heteroatoms. The number of thioether (sulfide) groups is 1. The Kier molecular flexibility index (Phi) is 6.31. The van der Waals surface area contributed by atoms with Gasteiger partial charge in [0.2, 0.25) is 0 Å². The van der Waals surface area contributed by atoms with Crippen molar-refractivity contribution in [2.24, 2.45) is 0 Å². The Hall–Kier alpha value is -1.34. The van der Waals surface area contributed by atoms with Crippen LogP contribution in [0.15, 0.2) is 46.7 Å². The van der Waals surface area contributed by atoms with Crippen molar-refractivity contribution in [2.75, 3.05) is 39.1 Å². The zero-order valence-electron chi connectivity index (χ0n) is 13.7. The van der Waals surface area contributed by atoms with Crippen molar-refractivity contribution >= 4 is 29.0 Å². The van der Waals surface area contributed by atoms with Gasteiger partial charge in [0.05, 0.1) is 19.3 Å². The van der Waals surface area contributed by atoms with Crippen LogP contribution in [0.5, 0.6) is 0 Å². The van der Waals surface area contributed by atoms with E-state index >= 15 is 0 Å². The van der Waals surface area contributed by atoms with Crippen molar-refractivity contribution in [2.45, 2.75) is 10.9 Å². The second kappa shape index (κ2) is 8.67. The predicted octanol–water partition coefficient (Wildman–Crippen LogP) is 3.27. The summed E-state index contributed by atoms with van der Waals surface area (Å²) in [7, 11) is 0. The van der Waals surface area contributed by atoms with Gasteiger partial charge in [-0.1, -0.05) is 6.07 Å². The maximum absolute atomic E-state index is 12.4. The number of nitrogens with zero attached hydrogens (tertiary/aromatic N) is 1. The number of amides is 1. The van der Waals surface area contributed by atoms with Crippen LogP contribution in [0.1, 0.15) is 21.3 Å². The van der Waals surface area contributed by atoms with E-state index in [0.717, 1.165) is 31.2 Å². The summed E-state index contributed by atoms with van der Waals surface area (Å²) in [6.07, 6.45) is 2.03. The SMILES string of the molecule is CSc1ccc(C(=O)NCC(c2cccs2)N2CCOCC2)cc1. The summed E-state index contributed by atoms with van der Waals surface area (Å²) < 4.78 is 5.46. The molecule has 1 fully saturated rings. The highest BCUT2D eigenvalue weighted by molar-refractivity contribution is 7.98. The van der Waals surface area contributed by atoms with E-state index < -0.39 is 0 Å². The summed E-state index contributed by atoms with van der Waals surface area (Å²) in [6, 6.07) is 12.2. The minimum atomic E-state index is -0.0162. The molecule has 1 aromatic carbocycles. The van der Waals surface area contributed by atoms with Crippen LogP contribution >= 0.6 is 23.1 Å². The van der Waals surface area contributed by atoms with Crippen LogP contribution in [0, 0.1) is 0 Å². The molecule has 2 heterocycles. The van der Waals surface area contributed by atoms with Crippen molar-refractivity contribution in [1.82, 2.24) is 10.2 Å². The molecule has 4 nitrogen and oxygen atoms in total. The number of hydrogen-bond donors (Lipinski definition) is 1. The van der Waals surface area contributed by atoms with Gasteiger partial charge in [0, 0.05) is 35.0 Å². The zero-order chi connectivity index (χ0) is 16.8. The molecular weight excluding hydrogens is 340 g/mol. The lowest BCUT2D eigenvalue weighted by molar-refractivity contribution is 0.0169. The monoisotopic (exact) mass is 362 g/mol. The van der Waals surface area contributed by atoms with Crippen LogP contribution in [0.25, 0.3) is 0 Å². The summed E-state index contributed by atoms with van der Waals surface area (Å²) in [4.78, 5) is 17.3. The molecule has 0 aliphatic carbocycles. The van der Waals surface area contributed by atoms with Gasteiger partial charge >= 0.3 is 0 Å². The number of carbonyl (C=O) groups is 1. The topological polar surface area (TPSA) is 41.6 Å². The first-order chi connectivity index (χ1) is 11.8. The van der Waals surface area contributed by atoms with Crippen LogP contribution in [0.4, 0.5) is 0 Å². The molecule has 1 atom stereocenters. The first-order valence-electron chi connectivity index (χ1n) is 8.05.